The zero-order valence-corrected chi connectivity index (χ0v) is 11.4. The number of carboxylic acid groups (broad SMARTS) is 1. The Morgan fingerprint density at radius 2 is 2.25 bits per heavy atom. The van der Waals surface area contributed by atoms with Crippen LogP contribution in [-0.2, 0) is 16.1 Å². The van der Waals surface area contributed by atoms with E-state index in [0.29, 0.717) is 19.1 Å². The molecule has 0 saturated carbocycles. The first kappa shape index (κ1) is 13.6. The summed E-state index contributed by atoms with van der Waals surface area (Å²) < 4.78 is 10.8. The van der Waals surface area contributed by atoms with Gasteiger partial charge in [-0.2, -0.15) is 0 Å². The minimum absolute atomic E-state index is 0.101. The Balaban J connectivity index is 1.70. The predicted molar refractivity (Wildman–Crippen MR) is 71.3 cm³/mol. The lowest BCUT2D eigenvalue weighted by atomic mass is 10.1. The summed E-state index contributed by atoms with van der Waals surface area (Å²) in [5.74, 6) is -0.396. The molecule has 3 rings (SSSR count). The summed E-state index contributed by atoms with van der Waals surface area (Å²) in [7, 11) is 0. The first-order valence-corrected chi connectivity index (χ1v) is 6.97. The number of furan rings is 1. The predicted octanol–water partition coefficient (Wildman–Crippen LogP) is 0.497. The topological polar surface area (TPSA) is 66.2 Å². The van der Waals surface area contributed by atoms with Crippen LogP contribution in [0.4, 0.5) is 0 Å². The van der Waals surface area contributed by atoms with E-state index in [9.17, 15) is 4.79 Å². The number of fused-ring (bicyclic) bond motifs is 3. The van der Waals surface area contributed by atoms with Crippen molar-refractivity contribution in [2.75, 3.05) is 39.4 Å². The largest absolute Gasteiger partial charge is 0.480 e. The van der Waals surface area contributed by atoms with Gasteiger partial charge in [-0.15, -0.1) is 0 Å². The molecule has 0 spiro atoms. The lowest BCUT2D eigenvalue weighted by Gasteiger charge is -2.30. The van der Waals surface area contributed by atoms with E-state index in [1.54, 1.807) is 12.5 Å². The van der Waals surface area contributed by atoms with Crippen molar-refractivity contribution in [3.8, 4) is 0 Å². The van der Waals surface area contributed by atoms with E-state index in [2.05, 4.69) is 9.80 Å². The van der Waals surface area contributed by atoms with Gasteiger partial charge >= 0.3 is 5.97 Å². The minimum Gasteiger partial charge on any atom is -0.480 e. The molecular weight excluding hydrogens is 260 g/mol. The molecule has 2 bridgehead atoms. The van der Waals surface area contributed by atoms with E-state index in [0.717, 1.165) is 31.7 Å². The highest BCUT2D eigenvalue weighted by molar-refractivity contribution is 5.69. The van der Waals surface area contributed by atoms with E-state index < -0.39 is 5.97 Å². The SMILES string of the molecule is O=C(O)CN1C[C@H]2COC[C@@H]1CN(Cc1ccoc1)C2. The highest BCUT2D eigenvalue weighted by Gasteiger charge is 2.34. The number of nitrogens with zero attached hydrogens (tertiary/aromatic N) is 2. The van der Waals surface area contributed by atoms with Crippen LogP contribution in [0.2, 0.25) is 0 Å². The molecule has 2 fully saturated rings. The van der Waals surface area contributed by atoms with Crippen molar-refractivity contribution in [3.63, 3.8) is 0 Å². The fourth-order valence-electron chi connectivity index (χ4n) is 3.16. The van der Waals surface area contributed by atoms with Crippen LogP contribution in [-0.4, -0.2) is 66.3 Å². The van der Waals surface area contributed by atoms with Gasteiger partial charge in [0.05, 0.1) is 32.3 Å². The Morgan fingerprint density at radius 1 is 1.35 bits per heavy atom. The van der Waals surface area contributed by atoms with E-state index in [1.165, 1.54) is 0 Å². The van der Waals surface area contributed by atoms with Gasteiger partial charge < -0.3 is 14.3 Å². The average molecular weight is 280 g/mol. The zero-order chi connectivity index (χ0) is 13.9. The van der Waals surface area contributed by atoms with Gasteiger partial charge in [0.25, 0.3) is 0 Å². The van der Waals surface area contributed by atoms with E-state index in [1.807, 2.05) is 6.07 Å². The number of carboxylic acids is 1. The maximum Gasteiger partial charge on any atom is 0.317 e. The Bertz CT molecular complexity index is 448. The van der Waals surface area contributed by atoms with E-state index in [4.69, 9.17) is 14.3 Å². The summed E-state index contributed by atoms with van der Waals surface area (Å²) in [6.07, 6.45) is 3.46. The molecule has 3 heterocycles. The second-order valence-corrected chi connectivity index (χ2v) is 5.71. The van der Waals surface area contributed by atoms with E-state index >= 15 is 0 Å². The standard InChI is InChI=1S/C14H20N2O4/c17-14(18)7-16-5-12-4-15(3-11-1-2-19-8-11)6-13(16)10-20-9-12/h1-2,8,12-13H,3-7,9-10H2,(H,17,18)/t12-,13-/m0/s1. The highest BCUT2D eigenvalue weighted by Crippen LogP contribution is 2.21. The van der Waals surface area contributed by atoms with Crippen molar-refractivity contribution in [2.24, 2.45) is 5.92 Å². The maximum absolute atomic E-state index is 11.0. The van der Waals surface area contributed by atoms with Crippen molar-refractivity contribution < 1.29 is 19.1 Å². The lowest BCUT2D eigenvalue weighted by Crippen LogP contribution is -2.45. The number of ether oxygens (including phenoxy) is 1. The van der Waals surface area contributed by atoms with Crippen LogP contribution in [0.3, 0.4) is 0 Å². The molecular formula is C14H20N2O4. The molecule has 0 amide bonds. The van der Waals surface area contributed by atoms with Gasteiger partial charge in [0, 0.05) is 43.7 Å². The molecule has 2 atom stereocenters. The number of hydrogen-bond acceptors (Lipinski definition) is 5. The van der Waals surface area contributed by atoms with Crippen molar-refractivity contribution in [2.45, 2.75) is 12.6 Å². The molecule has 1 aromatic heterocycles. The zero-order valence-electron chi connectivity index (χ0n) is 11.4. The highest BCUT2D eigenvalue weighted by atomic mass is 16.5. The summed E-state index contributed by atoms with van der Waals surface area (Å²) in [5.41, 5.74) is 1.16. The lowest BCUT2D eigenvalue weighted by molar-refractivity contribution is -0.139. The summed E-state index contributed by atoms with van der Waals surface area (Å²) in [5, 5.41) is 9.04. The van der Waals surface area contributed by atoms with Gasteiger partial charge in [0.1, 0.15) is 0 Å². The Hall–Kier alpha value is -1.37. The third-order valence-corrected chi connectivity index (χ3v) is 3.98. The molecule has 20 heavy (non-hydrogen) atoms. The molecule has 2 aliphatic rings. The molecule has 0 aromatic carbocycles. The van der Waals surface area contributed by atoms with Crippen molar-refractivity contribution in [1.29, 1.82) is 0 Å². The van der Waals surface area contributed by atoms with Gasteiger partial charge in [-0.05, 0) is 6.07 Å². The van der Waals surface area contributed by atoms with Crippen LogP contribution in [0.15, 0.2) is 23.0 Å². The Labute approximate surface area is 117 Å². The molecule has 6 heteroatoms. The first-order chi connectivity index (χ1) is 9.70. The summed E-state index contributed by atoms with van der Waals surface area (Å²) >= 11 is 0. The molecule has 0 aliphatic carbocycles. The van der Waals surface area contributed by atoms with Gasteiger partial charge in [0.15, 0.2) is 0 Å². The fourth-order valence-corrected chi connectivity index (χ4v) is 3.16. The van der Waals surface area contributed by atoms with Crippen LogP contribution in [0.5, 0.6) is 0 Å². The van der Waals surface area contributed by atoms with E-state index in [-0.39, 0.29) is 12.6 Å². The second kappa shape index (κ2) is 5.95. The molecule has 1 N–H and O–H groups in total. The quantitative estimate of drug-likeness (QED) is 0.866. The summed E-state index contributed by atoms with van der Waals surface area (Å²) in [4.78, 5) is 15.4. The van der Waals surface area contributed by atoms with Crippen LogP contribution in [0.1, 0.15) is 5.56 Å². The average Bonchev–Trinajstić information content (AvgIpc) is 2.73. The van der Waals surface area contributed by atoms with Gasteiger partial charge in [-0.3, -0.25) is 14.6 Å². The monoisotopic (exact) mass is 280 g/mol. The number of aliphatic carboxylic acids is 1. The third-order valence-electron chi connectivity index (χ3n) is 3.98. The van der Waals surface area contributed by atoms with Crippen molar-refractivity contribution in [3.05, 3.63) is 24.2 Å². The van der Waals surface area contributed by atoms with Crippen LogP contribution in [0, 0.1) is 5.92 Å². The summed E-state index contributed by atoms with van der Waals surface area (Å²) in [6, 6.07) is 2.14. The molecule has 6 nitrogen and oxygen atoms in total. The van der Waals surface area contributed by atoms with Gasteiger partial charge in [0.2, 0.25) is 0 Å². The van der Waals surface area contributed by atoms with Gasteiger partial charge in [-0.25, -0.2) is 0 Å². The number of hydrogen-bond donors (Lipinski definition) is 1. The maximum atomic E-state index is 11.0. The summed E-state index contributed by atoms with van der Waals surface area (Å²) in [6.45, 7) is 4.88. The van der Waals surface area contributed by atoms with Gasteiger partial charge in [-0.1, -0.05) is 0 Å². The fraction of sp³-hybridized carbons (Fsp3) is 0.643. The molecule has 1 aromatic rings. The van der Waals surface area contributed by atoms with Crippen LogP contribution in [0.25, 0.3) is 0 Å². The van der Waals surface area contributed by atoms with Crippen LogP contribution < -0.4 is 0 Å². The molecule has 0 radical (unpaired) electrons. The molecule has 2 aliphatic heterocycles. The Kier molecular flexibility index (Phi) is 4.05. The third kappa shape index (κ3) is 3.20. The minimum atomic E-state index is -0.765. The van der Waals surface area contributed by atoms with Crippen LogP contribution >= 0.6 is 0 Å². The normalized spacial score (nSPS) is 28.2. The first-order valence-electron chi connectivity index (χ1n) is 6.97. The molecule has 110 valence electrons. The number of rotatable bonds is 4. The number of carbonyl (C=O) groups is 1. The molecule has 2 saturated heterocycles. The van der Waals surface area contributed by atoms with Crippen molar-refractivity contribution in [1.82, 2.24) is 9.80 Å². The second-order valence-electron chi connectivity index (χ2n) is 5.71. The molecule has 0 unspecified atom stereocenters. The Morgan fingerprint density at radius 3 is 3.00 bits per heavy atom. The smallest absolute Gasteiger partial charge is 0.317 e. The van der Waals surface area contributed by atoms with Crippen molar-refractivity contribution >= 4 is 5.97 Å².